The summed E-state index contributed by atoms with van der Waals surface area (Å²) < 4.78 is 2.34. The smallest absolute Gasteiger partial charge is 0.205 e. The lowest BCUT2D eigenvalue weighted by Crippen LogP contribution is -2.13. The fraction of sp³-hybridized carbons (Fsp3) is 0.321. The number of aliphatic hydroxyl groups excluding tert-OH is 1. The van der Waals surface area contributed by atoms with Gasteiger partial charge in [-0.15, -0.1) is 10.2 Å². The summed E-state index contributed by atoms with van der Waals surface area (Å²) in [4.78, 5) is 9.97. The van der Waals surface area contributed by atoms with Gasteiger partial charge >= 0.3 is 0 Å². The number of fused-ring (bicyclic) bond motifs is 2. The molecule has 1 aliphatic carbocycles. The third kappa shape index (κ3) is 3.78. The third-order valence-electron chi connectivity index (χ3n) is 7.11. The Bertz CT molecular complexity index is 1550. The number of nitrogens with zero attached hydrogens (tertiary/aromatic N) is 6. The van der Waals surface area contributed by atoms with Crippen LogP contribution in [0.4, 0.5) is 0 Å². The highest BCUT2D eigenvalue weighted by Crippen LogP contribution is 2.40. The number of hydrogen-bond acceptors (Lipinski definition) is 6. The van der Waals surface area contributed by atoms with E-state index in [1.165, 1.54) is 11.1 Å². The zero-order valence-electron chi connectivity index (χ0n) is 20.7. The summed E-state index contributed by atoms with van der Waals surface area (Å²) in [7, 11) is 0. The molecule has 8 heteroatoms. The lowest BCUT2D eigenvalue weighted by molar-refractivity contribution is 0.194. The maximum absolute atomic E-state index is 9.96. The van der Waals surface area contributed by atoms with Gasteiger partial charge in [-0.25, -0.2) is 9.97 Å². The molecule has 0 fully saturated rings. The van der Waals surface area contributed by atoms with Crippen molar-refractivity contribution in [3.05, 3.63) is 76.7 Å². The predicted molar refractivity (Wildman–Crippen MR) is 139 cm³/mol. The van der Waals surface area contributed by atoms with Crippen molar-refractivity contribution in [2.24, 2.45) is 0 Å². The van der Waals surface area contributed by atoms with Gasteiger partial charge in [0.1, 0.15) is 11.3 Å². The predicted octanol–water partition coefficient (Wildman–Crippen LogP) is 4.61. The van der Waals surface area contributed by atoms with Crippen LogP contribution in [0.25, 0.3) is 33.7 Å². The molecule has 0 aliphatic heterocycles. The largest absolute Gasteiger partial charge is 0.393 e. The fourth-order valence-electron chi connectivity index (χ4n) is 5.55. The average molecular weight is 480 g/mol. The van der Waals surface area contributed by atoms with Crippen molar-refractivity contribution in [2.45, 2.75) is 58.6 Å². The Labute approximate surface area is 209 Å². The van der Waals surface area contributed by atoms with Gasteiger partial charge in [-0.05, 0) is 65.8 Å². The van der Waals surface area contributed by atoms with Crippen LogP contribution < -0.4 is 0 Å². The molecule has 1 aliphatic rings. The molecule has 2 aromatic carbocycles. The van der Waals surface area contributed by atoms with E-state index in [1.807, 2.05) is 18.2 Å². The molecule has 0 spiro atoms. The molecule has 3 aromatic heterocycles. The van der Waals surface area contributed by atoms with E-state index in [0.29, 0.717) is 12.2 Å². The minimum atomic E-state index is -0.433. The molecule has 0 saturated carbocycles. The summed E-state index contributed by atoms with van der Waals surface area (Å²) in [5.74, 6) is 1.65. The van der Waals surface area contributed by atoms with Crippen molar-refractivity contribution in [3.63, 3.8) is 0 Å². The molecule has 0 saturated heterocycles. The normalized spacial score (nSPS) is 15.9. The summed E-state index contributed by atoms with van der Waals surface area (Å²) in [6.07, 6.45) is 2.94. The van der Waals surface area contributed by atoms with Crippen LogP contribution in [0, 0.1) is 6.92 Å². The third-order valence-corrected chi connectivity index (χ3v) is 7.11. The van der Waals surface area contributed by atoms with Crippen LogP contribution in [0.5, 0.6) is 0 Å². The molecule has 6 rings (SSSR count). The fourth-order valence-corrected chi connectivity index (χ4v) is 5.55. The zero-order chi connectivity index (χ0) is 24.8. The van der Waals surface area contributed by atoms with Gasteiger partial charge in [-0.1, -0.05) is 49.4 Å². The molecular weight excluding hydrogens is 450 g/mol. The first-order valence-corrected chi connectivity index (χ1v) is 12.5. The van der Waals surface area contributed by atoms with E-state index in [9.17, 15) is 5.11 Å². The number of aliphatic hydroxyl groups is 1. The lowest BCUT2D eigenvalue weighted by Gasteiger charge is -2.18. The monoisotopic (exact) mass is 479 g/mol. The first-order chi connectivity index (χ1) is 17.5. The molecule has 182 valence electrons. The number of pyridine rings is 1. The van der Waals surface area contributed by atoms with E-state index in [-0.39, 0.29) is 6.04 Å². The molecule has 36 heavy (non-hydrogen) atoms. The Balaban J connectivity index is 1.44. The van der Waals surface area contributed by atoms with E-state index in [0.717, 1.165) is 64.2 Å². The average Bonchev–Trinajstić information content (AvgIpc) is 3.62. The van der Waals surface area contributed by atoms with Crippen molar-refractivity contribution < 1.29 is 5.11 Å². The minimum Gasteiger partial charge on any atom is -0.393 e. The highest BCUT2D eigenvalue weighted by molar-refractivity contribution is 5.81. The molecular formula is C28H29N7O. The summed E-state index contributed by atoms with van der Waals surface area (Å²) in [5, 5.41) is 24.6. The molecule has 0 unspecified atom stereocenters. The van der Waals surface area contributed by atoms with E-state index in [1.54, 1.807) is 6.92 Å². The maximum Gasteiger partial charge on any atom is 0.205 e. The Morgan fingerprint density at radius 2 is 1.94 bits per heavy atom. The quantitative estimate of drug-likeness (QED) is 0.369. The van der Waals surface area contributed by atoms with Crippen molar-refractivity contribution in [1.29, 1.82) is 0 Å². The Hall–Kier alpha value is -3.91. The standard InChI is InChI=1S/C28H29N7O/c1-4-25-30-26-16(2)13-20(14-17(3)36)29-28(26)35(25)24-12-10-19-15-18(9-11-22(19)24)21-7-5-6-8-23(21)27-31-33-34-32-27/h5-9,11,13,15,17,24,36H,4,10,12,14H2,1-3H3,(H,31,32,33,34)/t17-,24+/m1/s1. The summed E-state index contributed by atoms with van der Waals surface area (Å²) >= 11 is 0. The second-order valence-electron chi connectivity index (χ2n) is 9.66. The van der Waals surface area contributed by atoms with Gasteiger partial charge < -0.3 is 9.67 Å². The van der Waals surface area contributed by atoms with Gasteiger partial charge in [-0.2, -0.15) is 5.21 Å². The van der Waals surface area contributed by atoms with Crippen LogP contribution in [0.1, 0.15) is 54.5 Å². The SMILES string of the molecule is CCc1nc2c(C)cc(C[C@@H](C)O)nc2n1[C@H]1CCc2cc(-c3ccccc3-c3nn[nH]n3)ccc21. The molecule has 0 bridgehead atoms. The van der Waals surface area contributed by atoms with Gasteiger partial charge in [0.05, 0.1) is 12.1 Å². The van der Waals surface area contributed by atoms with Crippen LogP contribution in [0.2, 0.25) is 0 Å². The molecule has 8 nitrogen and oxygen atoms in total. The van der Waals surface area contributed by atoms with Crippen molar-refractivity contribution >= 4 is 11.2 Å². The molecule has 3 heterocycles. The van der Waals surface area contributed by atoms with Crippen molar-refractivity contribution in [2.75, 3.05) is 0 Å². The molecule has 2 atom stereocenters. The highest BCUT2D eigenvalue weighted by atomic mass is 16.3. The van der Waals surface area contributed by atoms with Crippen LogP contribution in [-0.2, 0) is 19.3 Å². The van der Waals surface area contributed by atoms with E-state index in [2.05, 4.69) is 69.4 Å². The number of imidazole rings is 1. The number of hydrogen-bond donors (Lipinski definition) is 2. The van der Waals surface area contributed by atoms with E-state index >= 15 is 0 Å². The second-order valence-corrected chi connectivity index (χ2v) is 9.66. The summed E-state index contributed by atoms with van der Waals surface area (Å²) in [5.41, 5.74) is 9.77. The van der Waals surface area contributed by atoms with Crippen LogP contribution in [0.15, 0.2) is 48.5 Å². The number of H-pyrrole nitrogens is 1. The van der Waals surface area contributed by atoms with Crippen LogP contribution in [-0.4, -0.2) is 46.4 Å². The number of benzene rings is 2. The molecule has 2 N–H and O–H groups in total. The number of aryl methyl sites for hydroxylation is 3. The summed E-state index contributed by atoms with van der Waals surface area (Å²) in [6, 6.07) is 17.2. The lowest BCUT2D eigenvalue weighted by atomic mass is 9.96. The van der Waals surface area contributed by atoms with Crippen molar-refractivity contribution in [3.8, 4) is 22.5 Å². The van der Waals surface area contributed by atoms with Gasteiger partial charge in [0, 0.05) is 24.1 Å². The van der Waals surface area contributed by atoms with E-state index in [4.69, 9.17) is 9.97 Å². The number of aromatic nitrogens is 7. The van der Waals surface area contributed by atoms with Gasteiger partial charge in [0.25, 0.3) is 0 Å². The zero-order valence-corrected chi connectivity index (χ0v) is 20.7. The topological polar surface area (TPSA) is 105 Å². The Kier molecular flexibility index (Phi) is 5.60. The second kappa shape index (κ2) is 8.95. The number of tetrazole rings is 1. The number of rotatable bonds is 6. The van der Waals surface area contributed by atoms with Gasteiger partial charge in [0.2, 0.25) is 5.82 Å². The van der Waals surface area contributed by atoms with Crippen LogP contribution in [0.3, 0.4) is 0 Å². The van der Waals surface area contributed by atoms with E-state index < -0.39 is 6.10 Å². The maximum atomic E-state index is 9.96. The van der Waals surface area contributed by atoms with Crippen LogP contribution >= 0.6 is 0 Å². The number of aromatic amines is 1. The first kappa shape index (κ1) is 22.5. The number of nitrogens with one attached hydrogen (secondary N) is 1. The molecule has 5 aromatic rings. The first-order valence-electron chi connectivity index (χ1n) is 12.5. The van der Waals surface area contributed by atoms with Crippen molar-refractivity contribution in [1.82, 2.24) is 35.2 Å². The molecule has 0 amide bonds. The Morgan fingerprint density at radius 1 is 1.11 bits per heavy atom. The van der Waals surface area contributed by atoms with Gasteiger partial charge in [-0.3, -0.25) is 0 Å². The Morgan fingerprint density at radius 3 is 2.69 bits per heavy atom. The molecule has 0 radical (unpaired) electrons. The minimum absolute atomic E-state index is 0.190. The highest BCUT2D eigenvalue weighted by Gasteiger charge is 2.29. The summed E-state index contributed by atoms with van der Waals surface area (Å²) in [6.45, 7) is 6.04. The van der Waals surface area contributed by atoms with Gasteiger partial charge in [0.15, 0.2) is 5.65 Å².